The van der Waals surface area contributed by atoms with Crippen molar-refractivity contribution in [1.82, 2.24) is 0 Å². The van der Waals surface area contributed by atoms with Crippen LogP contribution in [0.5, 0.6) is 5.75 Å². The summed E-state index contributed by atoms with van der Waals surface area (Å²) in [6.45, 7) is 12.0. The van der Waals surface area contributed by atoms with E-state index in [0.29, 0.717) is 5.92 Å². The van der Waals surface area contributed by atoms with Gasteiger partial charge in [0.2, 0.25) is 0 Å². The number of carbonyl (C=O) groups is 1. The van der Waals surface area contributed by atoms with Gasteiger partial charge in [-0.3, -0.25) is 4.79 Å². The molecule has 3 rings (SSSR count). The number of rotatable bonds is 5. The van der Waals surface area contributed by atoms with Crippen molar-refractivity contribution in [3.05, 3.63) is 53.6 Å². The lowest BCUT2D eigenvalue weighted by molar-refractivity contribution is -0.914. The molecule has 1 aliphatic heterocycles. The summed E-state index contributed by atoms with van der Waals surface area (Å²) in [6, 6.07) is 13.4. The lowest BCUT2D eigenvalue weighted by atomic mass is 9.98. The minimum absolute atomic E-state index is 0.0873. The second kappa shape index (κ2) is 8.65. The number of hydrogen-bond donors (Lipinski definition) is 3. The molecule has 1 saturated heterocycles. The highest BCUT2D eigenvalue weighted by Crippen LogP contribution is 2.27. The summed E-state index contributed by atoms with van der Waals surface area (Å²) >= 11 is 0. The molecule has 2 aromatic carbocycles. The molecule has 150 valence electrons. The summed E-state index contributed by atoms with van der Waals surface area (Å²) in [7, 11) is 0. The van der Waals surface area contributed by atoms with Gasteiger partial charge in [-0.1, -0.05) is 32.0 Å². The number of phenols is 1. The molecule has 2 aromatic rings. The van der Waals surface area contributed by atoms with Crippen LogP contribution in [-0.4, -0.2) is 43.2 Å². The molecule has 0 aliphatic carbocycles. The summed E-state index contributed by atoms with van der Waals surface area (Å²) in [4.78, 5) is 16.6. The average Bonchev–Trinajstić information content (AvgIpc) is 2.69. The van der Waals surface area contributed by atoms with E-state index in [1.807, 2.05) is 19.1 Å². The van der Waals surface area contributed by atoms with Crippen LogP contribution in [0.3, 0.4) is 0 Å². The second-order valence-electron chi connectivity index (χ2n) is 8.07. The molecule has 0 radical (unpaired) electrons. The molecule has 0 aromatic heterocycles. The molecular formula is C23H32N3O2+. The minimum Gasteiger partial charge on any atom is -0.508 e. The number of nitrogens with one attached hydrogen (secondary N) is 2. The van der Waals surface area contributed by atoms with Gasteiger partial charge in [0, 0.05) is 11.4 Å². The monoisotopic (exact) mass is 382 g/mol. The van der Waals surface area contributed by atoms with Crippen molar-refractivity contribution >= 4 is 17.3 Å². The van der Waals surface area contributed by atoms with Crippen molar-refractivity contribution in [2.24, 2.45) is 0 Å². The van der Waals surface area contributed by atoms with Crippen molar-refractivity contribution in [2.45, 2.75) is 39.7 Å². The fourth-order valence-corrected chi connectivity index (χ4v) is 3.91. The van der Waals surface area contributed by atoms with Gasteiger partial charge in [-0.15, -0.1) is 0 Å². The number of para-hydroxylation sites is 1. The lowest BCUT2D eigenvalue weighted by Gasteiger charge is -2.36. The van der Waals surface area contributed by atoms with Gasteiger partial charge in [0.25, 0.3) is 5.91 Å². The van der Waals surface area contributed by atoms with Gasteiger partial charge in [-0.05, 0) is 55.2 Å². The van der Waals surface area contributed by atoms with Crippen LogP contribution in [0.2, 0.25) is 0 Å². The van der Waals surface area contributed by atoms with Crippen LogP contribution in [0.4, 0.5) is 11.4 Å². The number of aromatic hydroxyl groups is 1. The van der Waals surface area contributed by atoms with E-state index in [1.54, 1.807) is 12.1 Å². The molecule has 1 heterocycles. The Morgan fingerprint density at radius 2 is 1.71 bits per heavy atom. The van der Waals surface area contributed by atoms with Crippen LogP contribution >= 0.6 is 0 Å². The maximum atomic E-state index is 13.0. The van der Waals surface area contributed by atoms with E-state index >= 15 is 0 Å². The first kappa shape index (κ1) is 20.2. The molecule has 1 amide bonds. The number of carbonyl (C=O) groups excluding carboxylic acids is 1. The number of quaternary nitrogens is 1. The molecule has 0 bridgehead atoms. The summed E-state index contributed by atoms with van der Waals surface area (Å²) in [6.07, 6.45) is 0. The third kappa shape index (κ3) is 4.47. The zero-order chi connectivity index (χ0) is 20.3. The number of anilines is 2. The highest BCUT2D eigenvalue weighted by Gasteiger charge is 2.30. The predicted molar refractivity (Wildman–Crippen MR) is 114 cm³/mol. The first-order chi connectivity index (χ1) is 13.4. The number of hydrogen-bond acceptors (Lipinski definition) is 3. The van der Waals surface area contributed by atoms with Gasteiger partial charge in [-0.25, -0.2) is 0 Å². The van der Waals surface area contributed by atoms with Crippen LogP contribution in [-0.2, 0) is 4.79 Å². The molecular weight excluding hydrogens is 350 g/mol. The van der Waals surface area contributed by atoms with Gasteiger partial charge >= 0.3 is 0 Å². The molecule has 3 N–H and O–H groups in total. The molecule has 0 saturated carbocycles. The summed E-state index contributed by atoms with van der Waals surface area (Å²) in [5.74, 6) is 0.742. The number of aryl methyl sites for hydroxylation is 1. The Balaban J connectivity index is 1.62. The van der Waals surface area contributed by atoms with Gasteiger partial charge in [0.05, 0.1) is 26.2 Å². The van der Waals surface area contributed by atoms with E-state index in [2.05, 4.69) is 49.2 Å². The fraction of sp³-hybridized carbons (Fsp3) is 0.435. The second-order valence-corrected chi connectivity index (χ2v) is 8.07. The summed E-state index contributed by atoms with van der Waals surface area (Å²) in [5.41, 5.74) is 4.39. The Kier molecular flexibility index (Phi) is 6.25. The largest absolute Gasteiger partial charge is 0.508 e. The average molecular weight is 383 g/mol. The van der Waals surface area contributed by atoms with E-state index in [-0.39, 0.29) is 17.7 Å². The first-order valence-electron chi connectivity index (χ1n) is 10.2. The van der Waals surface area contributed by atoms with Crippen LogP contribution in [0.25, 0.3) is 0 Å². The van der Waals surface area contributed by atoms with E-state index < -0.39 is 0 Å². The van der Waals surface area contributed by atoms with Crippen LogP contribution in [0, 0.1) is 6.92 Å². The molecule has 0 spiro atoms. The van der Waals surface area contributed by atoms with E-state index in [1.165, 1.54) is 10.5 Å². The number of nitrogens with zero attached hydrogens (tertiary/aromatic N) is 1. The quantitative estimate of drug-likeness (QED) is 0.745. The van der Waals surface area contributed by atoms with Crippen molar-refractivity contribution in [1.29, 1.82) is 0 Å². The third-order valence-electron chi connectivity index (χ3n) is 5.80. The Morgan fingerprint density at radius 1 is 1.07 bits per heavy atom. The molecule has 5 nitrogen and oxygen atoms in total. The molecule has 1 atom stereocenters. The molecule has 1 fully saturated rings. The van der Waals surface area contributed by atoms with Crippen LogP contribution < -0.4 is 15.1 Å². The van der Waals surface area contributed by atoms with Gasteiger partial charge in [-0.2, -0.15) is 0 Å². The normalized spacial score (nSPS) is 16.2. The Bertz CT molecular complexity index is 809. The number of amides is 1. The van der Waals surface area contributed by atoms with Crippen LogP contribution in [0.1, 0.15) is 37.8 Å². The maximum Gasteiger partial charge on any atom is 0.282 e. The number of phenolic OH excluding ortho intramolecular Hbond substituents is 1. The zero-order valence-electron chi connectivity index (χ0n) is 17.3. The van der Waals surface area contributed by atoms with Crippen molar-refractivity contribution < 1.29 is 14.8 Å². The van der Waals surface area contributed by atoms with E-state index in [4.69, 9.17) is 0 Å². The topological polar surface area (TPSA) is 57.0 Å². The van der Waals surface area contributed by atoms with Gasteiger partial charge in [0.15, 0.2) is 6.04 Å². The summed E-state index contributed by atoms with van der Waals surface area (Å²) in [5, 5.41) is 12.7. The minimum atomic E-state index is -0.0958. The van der Waals surface area contributed by atoms with Gasteiger partial charge < -0.3 is 20.2 Å². The zero-order valence-corrected chi connectivity index (χ0v) is 17.3. The SMILES string of the molecule is Cc1cccc(C(C)C)c1NC(=O)[C@@H](C)[NH+]1CCN(c2ccc(O)cc2)CC1. The van der Waals surface area contributed by atoms with Crippen molar-refractivity contribution in [2.75, 3.05) is 36.4 Å². The maximum absolute atomic E-state index is 13.0. The smallest absolute Gasteiger partial charge is 0.282 e. The lowest BCUT2D eigenvalue weighted by Crippen LogP contribution is -3.19. The Labute approximate surface area is 168 Å². The Hall–Kier alpha value is -2.53. The first-order valence-corrected chi connectivity index (χ1v) is 10.2. The van der Waals surface area contributed by atoms with E-state index in [0.717, 1.165) is 43.1 Å². The Morgan fingerprint density at radius 3 is 2.32 bits per heavy atom. The molecule has 28 heavy (non-hydrogen) atoms. The number of piperazine rings is 1. The predicted octanol–water partition coefficient (Wildman–Crippen LogP) is 2.56. The highest BCUT2D eigenvalue weighted by molar-refractivity contribution is 5.95. The third-order valence-corrected chi connectivity index (χ3v) is 5.80. The van der Waals surface area contributed by atoms with Gasteiger partial charge in [0.1, 0.15) is 5.75 Å². The fourth-order valence-electron chi connectivity index (χ4n) is 3.91. The van der Waals surface area contributed by atoms with Crippen LogP contribution in [0.15, 0.2) is 42.5 Å². The van der Waals surface area contributed by atoms with Crippen molar-refractivity contribution in [3.8, 4) is 5.75 Å². The summed E-state index contributed by atoms with van der Waals surface area (Å²) < 4.78 is 0. The molecule has 0 unspecified atom stereocenters. The molecule has 5 heteroatoms. The number of benzene rings is 2. The van der Waals surface area contributed by atoms with Crippen molar-refractivity contribution in [3.63, 3.8) is 0 Å². The van der Waals surface area contributed by atoms with E-state index in [9.17, 15) is 9.90 Å². The molecule has 1 aliphatic rings. The highest BCUT2D eigenvalue weighted by atomic mass is 16.3. The standard InChI is InChI=1S/C23H31N3O2/c1-16(2)21-7-5-6-17(3)22(21)24-23(28)18(4)25-12-14-26(15-13-25)19-8-10-20(27)11-9-19/h5-11,16,18,27H,12-15H2,1-4H3,(H,24,28)/p+1/t18-/m1/s1.